The van der Waals surface area contributed by atoms with Gasteiger partial charge in [0.15, 0.2) is 0 Å². The number of nitrogens with zero attached hydrogens (tertiary/aromatic N) is 3. The number of benzene rings is 1. The molecule has 0 unspecified atom stereocenters. The first-order valence-corrected chi connectivity index (χ1v) is 7.95. The number of ether oxygens (including phenoxy) is 1. The quantitative estimate of drug-likeness (QED) is 0.734. The normalized spacial score (nSPS) is 12.9. The lowest BCUT2D eigenvalue weighted by atomic mass is 10.0. The first-order valence-electron chi connectivity index (χ1n) is 7.95. The van der Waals surface area contributed by atoms with Gasteiger partial charge in [-0.05, 0) is 36.5 Å². The van der Waals surface area contributed by atoms with Gasteiger partial charge < -0.3 is 4.74 Å². The highest BCUT2D eigenvalue weighted by molar-refractivity contribution is 5.68. The van der Waals surface area contributed by atoms with Gasteiger partial charge in [-0.2, -0.15) is 0 Å². The molecule has 0 amide bonds. The maximum atomic E-state index is 13.7. The molecule has 4 nitrogen and oxygen atoms in total. The Hall–Kier alpha value is -2.82. The number of pyridine rings is 1. The largest absolute Gasteiger partial charge is 0.473 e. The molecule has 3 aromatic rings. The van der Waals surface area contributed by atoms with Crippen LogP contribution in [-0.4, -0.2) is 15.0 Å². The van der Waals surface area contributed by atoms with Crippen molar-refractivity contribution in [3.05, 3.63) is 71.7 Å². The topological polar surface area (TPSA) is 47.9 Å². The van der Waals surface area contributed by atoms with E-state index in [-0.39, 0.29) is 12.4 Å². The third kappa shape index (κ3) is 2.85. The number of halogens is 1. The third-order valence-electron chi connectivity index (χ3n) is 4.23. The van der Waals surface area contributed by atoms with E-state index in [1.54, 1.807) is 30.6 Å². The van der Waals surface area contributed by atoms with Gasteiger partial charge in [-0.1, -0.05) is 18.2 Å². The zero-order chi connectivity index (χ0) is 16.4. The second kappa shape index (κ2) is 6.35. The fourth-order valence-electron chi connectivity index (χ4n) is 3.05. The number of hydrogen-bond donors (Lipinski definition) is 0. The molecule has 1 aromatic carbocycles. The van der Waals surface area contributed by atoms with Gasteiger partial charge in [-0.3, -0.25) is 0 Å². The van der Waals surface area contributed by atoms with Gasteiger partial charge in [0.1, 0.15) is 18.8 Å². The zero-order valence-corrected chi connectivity index (χ0v) is 13.1. The van der Waals surface area contributed by atoms with Crippen molar-refractivity contribution in [3.63, 3.8) is 0 Å². The van der Waals surface area contributed by atoms with Crippen LogP contribution in [0.1, 0.15) is 23.2 Å². The van der Waals surface area contributed by atoms with Crippen LogP contribution in [0.4, 0.5) is 4.39 Å². The fourth-order valence-corrected chi connectivity index (χ4v) is 3.05. The first-order chi connectivity index (χ1) is 11.8. The average Bonchev–Trinajstić information content (AvgIpc) is 3.09. The van der Waals surface area contributed by atoms with E-state index in [2.05, 4.69) is 15.0 Å². The lowest BCUT2D eigenvalue weighted by molar-refractivity contribution is 0.287. The van der Waals surface area contributed by atoms with Crippen LogP contribution in [0.2, 0.25) is 0 Å². The summed E-state index contributed by atoms with van der Waals surface area (Å²) in [6, 6.07) is 8.52. The number of hydrogen-bond acceptors (Lipinski definition) is 4. The number of aryl methyl sites for hydroxylation is 1. The summed E-state index contributed by atoms with van der Waals surface area (Å²) in [5, 5.41) is 0. The third-order valence-corrected chi connectivity index (χ3v) is 4.23. The van der Waals surface area contributed by atoms with Gasteiger partial charge in [-0.15, -0.1) is 0 Å². The molecule has 0 bridgehead atoms. The summed E-state index contributed by atoms with van der Waals surface area (Å²) < 4.78 is 19.5. The molecule has 120 valence electrons. The van der Waals surface area contributed by atoms with E-state index in [1.807, 2.05) is 6.07 Å². The second-order valence-electron chi connectivity index (χ2n) is 5.79. The molecule has 1 aliphatic rings. The standard InChI is InChI=1S/C19H16FN3O/c20-17-6-2-1-4-13(17)11-24-19-8-16(14-9-21-12-22-10-14)15-5-3-7-18(15)23-19/h1-2,4,6,8-10,12H,3,5,7,11H2. The van der Waals surface area contributed by atoms with Crippen molar-refractivity contribution < 1.29 is 9.13 Å². The summed E-state index contributed by atoms with van der Waals surface area (Å²) in [7, 11) is 0. The van der Waals surface area contributed by atoms with Crippen LogP contribution in [-0.2, 0) is 19.4 Å². The molecule has 0 atom stereocenters. The van der Waals surface area contributed by atoms with Crippen LogP contribution < -0.4 is 4.74 Å². The van der Waals surface area contributed by atoms with Crippen molar-refractivity contribution in [1.82, 2.24) is 15.0 Å². The summed E-state index contributed by atoms with van der Waals surface area (Å²) in [6.45, 7) is 0.156. The van der Waals surface area contributed by atoms with Crippen LogP contribution in [0, 0.1) is 5.82 Å². The van der Waals surface area contributed by atoms with Crippen LogP contribution in [0.15, 0.2) is 49.1 Å². The fraction of sp³-hybridized carbons (Fsp3) is 0.211. The van der Waals surface area contributed by atoms with Crippen molar-refractivity contribution in [2.24, 2.45) is 0 Å². The summed E-state index contributed by atoms with van der Waals surface area (Å²) in [5.74, 6) is 0.244. The zero-order valence-electron chi connectivity index (χ0n) is 13.1. The Labute approximate surface area is 139 Å². The van der Waals surface area contributed by atoms with E-state index in [0.717, 1.165) is 36.1 Å². The van der Waals surface area contributed by atoms with Gasteiger partial charge in [0, 0.05) is 35.3 Å². The molecule has 2 heterocycles. The molecule has 4 rings (SSSR count). The van der Waals surface area contributed by atoms with Crippen molar-refractivity contribution in [2.45, 2.75) is 25.9 Å². The molecular weight excluding hydrogens is 305 g/mol. The molecule has 0 saturated carbocycles. The molecule has 0 radical (unpaired) electrons. The van der Waals surface area contributed by atoms with Crippen LogP contribution in [0.5, 0.6) is 5.88 Å². The summed E-state index contributed by atoms with van der Waals surface area (Å²) in [6.07, 6.45) is 8.12. The Balaban J connectivity index is 1.66. The van der Waals surface area contributed by atoms with Crippen molar-refractivity contribution >= 4 is 0 Å². The predicted molar refractivity (Wildman–Crippen MR) is 88.0 cm³/mol. The lowest BCUT2D eigenvalue weighted by Crippen LogP contribution is -2.02. The molecular formula is C19H16FN3O. The molecule has 5 heteroatoms. The van der Waals surface area contributed by atoms with Crippen LogP contribution in [0.3, 0.4) is 0 Å². The minimum Gasteiger partial charge on any atom is -0.473 e. The highest BCUT2D eigenvalue weighted by atomic mass is 19.1. The second-order valence-corrected chi connectivity index (χ2v) is 5.79. The molecule has 0 saturated heterocycles. The van der Waals surface area contributed by atoms with Gasteiger partial charge >= 0.3 is 0 Å². The van der Waals surface area contributed by atoms with E-state index >= 15 is 0 Å². The lowest BCUT2D eigenvalue weighted by Gasteiger charge is -2.12. The average molecular weight is 321 g/mol. The summed E-state index contributed by atoms with van der Waals surface area (Å²) in [5.41, 5.74) is 4.82. The predicted octanol–water partition coefficient (Wildman–Crippen LogP) is 3.75. The van der Waals surface area contributed by atoms with Gasteiger partial charge in [0.2, 0.25) is 5.88 Å². The highest BCUT2D eigenvalue weighted by Gasteiger charge is 2.19. The van der Waals surface area contributed by atoms with E-state index in [1.165, 1.54) is 18.0 Å². The number of fused-ring (bicyclic) bond motifs is 1. The van der Waals surface area contributed by atoms with Gasteiger partial charge in [0.25, 0.3) is 0 Å². The van der Waals surface area contributed by atoms with E-state index in [4.69, 9.17) is 4.74 Å². The molecule has 24 heavy (non-hydrogen) atoms. The monoisotopic (exact) mass is 321 g/mol. The molecule has 1 aliphatic carbocycles. The van der Waals surface area contributed by atoms with Gasteiger partial charge in [0.05, 0.1) is 0 Å². The SMILES string of the molecule is Fc1ccccc1COc1cc(-c2cncnc2)c2c(n1)CCC2. The van der Waals surface area contributed by atoms with E-state index < -0.39 is 0 Å². The van der Waals surface area contributed by atoms with Crippen molar-refractivity contribution in [3.8, 4) is 17.0 Å². The Bertz CT molecular complexity index is 868. The Kier molecular flexibility index (Phi) is 3.91. The first kappa shape index (κ1) is 14.8. The molecule has 0 aliphatic heterocycles. The van der Waals surface area contributed by atoms with E-state index in [0.29, 0.717) is 11.4 Å². The number of rotatable bonds is 4. The van der Waals surface area contributed by atoms with Crippen molar-refractivity contribution in [2.75, 3.05) is 0 Å². The summed E-state index contributed by atoms with van der Waals surface area (Å²) in [4.78, 5) is 12.8. The molecule has 0 spiro atoms. The highest BCUT2D eigenvalue weighted by Crippen LogP contribution is 2.33. The number of aromatic nitrogens is 3. The maximum Gasteiger partial charge on any atom is 0.214 e. The molecule has 2 aromatic heterocycles. The van der Waals surface area contributed by atoms with Gasteiger partial charge in [-0.25, -0.2) is 19.3 Å². The van der Waals surface area contributed by atoms with Crippen molar-refractivity contribution in [1.29, 1.82) is 0 Å². The molecule has 0 N–H and O–H groups in total. The van der Waals surface area contributed by atoms with Crippen LogP contribution in [0.25, 0.3) is 11.1 Å². The Morgan fingerprint density at radius 2 is 1.92 bits per heavy atom. The minimum atomic E-state index is -0.268. The Morgan fingerprint density at radius 3 is 2.75 bits per heavy atom. The Morgan fingerprint density at radius 1 is 1.08 bits per heavy atom. The summed E-state index contributed by atoms with van der Waals surface area (Å²) >= 11 is 0. The smallest absolute Gasteiger partial charge is 0.214 e. The minimum absolute atomic E-state index is 0.156. The van der Waals surface area contributed by atoms with E-state index in [9.17, 15) is 4.39 Å². The van der Waals surface area contributed by atoms with Crippen LogP contribution >= 0.6 is 0 Å². The maximum absolute atomic E-state index is 13.7. The molecule has 0 fully saturated rings.